The van der Waals surface area contributed by atoms with Crippen molar-refractivity contribution in [3.05, 3.63) is 53.2 Å². The number of carbonyl (C=O) groups excluding carboxylic acids is 1. The van der Waals surface area contributed by atoms with Gasteiger partial charge in [-0.2, -0.15) is 17.6 Å². The molecule has 0 aliphatic rings. The number of aromatic nitrogens is 2. The van der Waals surface area contributed by atoms with Crippen molar-refractivity contribution in [1.29, 1.82) is 0 Å². The molecule has 0 fully saturated rings. The third-order valence-corrected chi connectivity index (χ3v) is 2.67. The van der Waals surface area contributed by atoms with E-state index in [-0.39, 0.29) is 23.5 Å². The highest BCUT2D eigenvalue weighted by atomic mass is 19.4. The van der Waals surface area contributed by atoms with Crippen molar-refractivity contribution in [1.82, 2.24) is 9.97 Å². The van der Waals surface area contributed by atoms with Gasteiger partial charge in [0.05, 0.1) is 11.1 Å². The fourth-order valence-corrected chi connectivity index (χ4v) is 1.66. The number of carbonyl (C=O) groups is 1. The van der Waals surface area contributed by atoms with Crippen molar-refractivity contribution in [2.75, 3.05) is 5.32 Å². The Morgan fingerprint density at radius 3 is 2.62 bits per heavy atom. The first kappa shape index (κ1) is 14.9. The van der Waals surface area contributed by atoms with Crippen LogP contribution in [-0.2, 0) is 12.7 Å². The van der Waals surface area contributed by atoms with Gasteiger partial charge >= 0.3 is 6.18 Å². The zero-order chi connectivity index (χ0) is 15.5. The van der Waals surface area contributed by atoms with Crippen LogP contribution in [0.5, 0.6) is 0 Å². The van der Waals surface area contributed by atoms with Crippen LogP contribution in [0.3, 0.4) is 0 Å². The highest BCUT2D eigenvalue weighted by Gasteiger charge is 2.33. The van der Waals surface area contributed by atoms with E-state index in [1.807, 2.05) is 0 Å². The topological polar surface area (TPSA) is 54.9 Å². The second kappa shape index (κ2) is 5.86. The van der Waals surface area contributed by atoms with E-state index in [0.717, 1.165) is 18.5 Å². The van der Waals surface area contributed by atoms with Gasteiger partial charge in [0.15, 0.2) is 6.29 Å². The Hall–Kier alpha value is -2.51. The first-order chi connectivity index (χ1) is 9.91. The molecule has 2 aromatic rings. The summed E-state index contributed by atoms with van der Waals surface area (Å²) in [5, 5.41) is 2.56. The van der Waals surface area contributed by atoms with Crippen LogP contribution < -0.4 is 5.32 Å². The number of hydrogen-bond donors (Lipinski definition) is 1. The average Bonchev–Trinajstić information content (AvgIpc) is 2.44. The highest BCUT2D eigenvalue weighted by Crippen LogP contribution is 2.31. The van der Waals surface area contributed by atoms with Crippen molar-refractivity contribution >= 4 is 12.1 Å². The molecule has 4 nitrogen and oxygen atoms in total. The monoisotopic (exact) mass is 299 g/mol. The first-order valence-corrected chi connectivity index (χ1v) is 5.77. The van der Waals surface area contributed by atoms with Crippen LogP contribution in [0.25, 0.3) is 0 Å². The van der Waals surface area contributed by atoms with E-state index < -0.39 is 17.7 Å². The molecule has 0 aromatic carbocycles. The lowest BCUT2D eigenvalue weighted by Crippen LogP contribution is -2.12. The second-order valence-corrected chi connectivity index (χ2v) is 4.08. The van der Waals surface area contributed by atoms with Gasteiger partial charge in [-0.15, -0.1) is 0 Å². The molecule has 0 unspecified atom stereocenters. The van der Waals surface area contributed by atoms with E-state index in [1.54, 1.807) is 0 Å². The van der Waals surface area contributed by atoms with Gasteiger partial charge in [-0.3, -0.25) is 9.78 Å². The van der Waals surface area contributed by atoms with Gasteiger partial charge in [0, 0.05) is 24.5 Å². The number of anilines is 1. The SMILES string of the molecule is O=Cc1ccc(NCc2cnccc2C(F)(F)F)nc1F. The fraction of sp³-hybridized carbons (Fsp3) is 0.154. The van der Waals surface area contributed by atoms with Crippen LogP contribution in [0, 0.1) is 5.95 Å². The summed E-state index contributed by atoms with van der Waals surface area (Å²) in [6.45, 7) is -0.227. The minimum Gasteiger partial charge on any atom is -0.366 e. The number of aldehydes is 1. The largest absolute Gasteiger partial charge is 0.416 e. The first-order valence-electron chi connectivity index (χ1n) is 5.77. The van der Waals surface area contributed by atoms with Crippen molar-refractivity contribution in [2.24, 2.45) is 0 Å². The summed E-state index contributed by atoms with van der Waals surface area (Å²) >= 11 is 0. The molecule has 0 amide bonds. The van der Waals surface area contributed by atoms with Crippen molar-refractivity contribution in [3.8, 4) is 0 Å². The number of alkyl halides is 3. The van der Waals surface area contributed by atoms with Gasteiger partial charge in [-0.1, -0.05) is 0 Å². The molecule has 2 heterocycles. The summed E-state index contributed by atoms with van der Waals surface area (Å²) in [7, 11) is 0. The molecule has 8 heteroatoms. The van der Waals surface area contributed by atoms with E-state index in [2.05, 4.69) is 15.3 Å². The molecule has 2 aromatic heterocycles. The normalized spacial score (nSPS) is 11.2. The Balaban J connectivity index is 2.17. The maximum atomic E-state index is 13.3. The molecular formula is C13H9F4N3O. The van der Waals surface area contributed by atoms with E-state index in [9.17, 15) is 22.4 Å². The lowest BCUT2D eigenvalue weighted by molar-refractivity contribution is -0.138. The van der Waals surface area contributed by atoms with Gasteiger partial charge in [-0.05, 0) is 18.2 Å². The van der Waals surface area contributed by atoms with Gasteiger partial charge in [-0.25, -0.2) is 4.98 Å². The number of nitrogens with one attached hydrogen (secondary N) is 1. The van der Waals surface area contributed by atoms with Crippen molar-refractivity contribution in [3.63, 3.8) is 0 Å². The van der Waals surface area contributed by atoms with E-state index in [4.69, 9.17) is 0 Å². The Morgan fingerprint density at radius 1 is 1.24 bits per heavy atom. The van der Waals surface area contributed by atoms with Gasteiger partial charge in [0.2, 0.25) is 5.95 Å². The zero-order valence-electron chi connectivity index (χ0n) is 10.5. The molecule has 0 spiro atoms. The van der Waals surface area contributed by atoms with E-state index in [1.165, 1.54) is 12.1 Å². The molecule has 0 atom stereocenters. The third-order valence-electron chi connectivity index (χ3n) is 2.67. The summed E-state index contributed by atoms with van der Waals surface area (Å²) in [6.07, 6.45) is -2.08. The van der Waals surface area contributed by atoms with Gasteiger partial charge in [0.1, 0.15) is 5.82 Å². The lowest BCUT2D eigenvalue weighted by atomic mass is 10.1. The molecule has 21 heavy (non-hydrogen) atoms. The summed E-state index contributed by atoms with van der Waals surface area (Å²) in [5.74, 6) is -0.965. The smallest absolute Gasteiger partial charge is 0.366 e. The minimum absolute atomic E-state index is 0.0232. The van der Waals surface area contributed by atoms with E-state index in [0.29, 0.717) is 6.29 Å². The van der Waals surface area contributed by atoms with Crippen LogP contribution in [0.4, 0.5) is 23.4 Å². The summed E-state index contributed by atoms with van der Waals surface area (Å²) in [5.41, 5.74) is -1.14. The van der Waals surface area contributed by atoms with Crippen LogP contribution in [0.1, 0.15) is 21.5 Å². The summed E-state index contributed by atoms with van der Waals surface area (Å²) < 4.78 is 51.6. The number of pyridine rings is 2. The van der Waals surface area contributed by atoms with Crippen LogP contribution in [-0.4, -0.2) is 16.3 Å². The molecule has 0 aliphatic carbocycles. The molecule has 2 rings (SSSR count). The van der Waals surface area contributed by atoms with Crippen molar-refractivity contribution in [2.45, 2.75) is 12.7 Å². The number of nitrogens with zero attached hydrogens (tertiary/aromatic N) is 2. The fourth-order valence-electron chi connectivity index (χ4n) is 1.66. The lowest BCUT2D eigenvalue weighted by Gasteiger charge is -2.13. The van der Waals surface area contributed by atoms with Crippen LogP contribution >= 0.6 is 0 Å². The van der Waals surface area contributed by atoms with Crippen molar-refractivity contribution < 1.29 is 22.4 Å². The molecule has 0 saturated carbocycles. The highest BCUT2D eigenvalue weighted by molar-refractivity contribution is 5.74. The van der Waals surface area contributed by atoms with Gasteiger partial charge < -0.3 is 5.32 Å². The Labute approximate surface area is 116 Å². The number of halogens is 4. The second-order valence-electron chi connectivity index (χ2n) is 4.08. The summed E-state index contributed by atoms with van der Waals surface area (Å²) in [4.78, 5) is 17.5. The van der Waals surface area contributed by atoms with E-state index >= 15 is 0 Å². The number of hydrogen-bond acceptors (Lipinski definition) is 4. The molecule has 110 valence electrons. The van der Waals surface area contributed by atoms with Crippen LogP contribution in [0.2, 0.25) is 0 Å². The summed E-state index contributed by atoms with van der Waals surface area (Å²) in [6, 6.07) is 3.35. The third kappa shape index (κ3) is 3.53. The number of rotatable bonds is 4. The van der Waals surface area contributed by atoms with Gasteiger partial charge in [0.25, 0.3) is 0 Å². The Morgan fingerprint density at radius 2 is 2.00 bits per heavy atom. The Bertz CT molecular complexity index is 658. The molecule has 0 aliphatic heterocycles. The molecule has 0 saturated heterocycles. The molecule has 0 radical (unpaired) electrons. The predicted molar refractivity (Wildman–Crippen MR) is 66.1 cm³/mol. The molecule has 1 N–H and O–H groups in total. The quantitative estimate of drug-likeness (QED) is 0.535. The minimum atomic E-state index is -4.50. The molecular weight excluding hydrogens is 290 g/mol. The Kier molecular flexibility index (Phi) is 4.15. The maximum absolute atomic E-state index is 13.3. The predicted octanol–water partition coefficient (Wildman–Crippen LogP) is 3.06. The zero-order valence-corrected chi connectivity index (χ0v) is 10.5. The maximum Gasteiger partial charge on any atom is 0.416 e. The average molecular weight is 299 g/mol. The standard InChI is InChI=1S/C13H9F4N3O/c14-12-8(7-21)1-2-11(20-12)19-6-9-5-18-4-3-10(9)13(15,16)17/h1-5,7H,6H2,(H,19,20). The van der Waals surface area contributed by atoms with Crippen LogP contribution in [0.15, 0.2) is 30.6 Å². The molecule has 0 bridgehead atoms.